The summed E-state index contributed by atoms with van der Waals surface area (Å²) in [6, 6.07) is 8.52. The number of benzene rings is 1. The molecule has 0 aliphatic rings. The van der Waals surface area contributed by atoms with Crippen LogP contribution in [0.15, 0.2) is 28.7 Å². The molecule has 1 aromatic carbocycles. The fraction of sp³-hybridized carbons (Fsp3) is 0.438. The molecule has 1 heterocycles. The lowest BCUT2D eigenvalue weighted by Gasteiger charge is -2.25. The smallest absolute Gasteiger partial charge is 0.0867 e. The average molecular weight is 321 g/mol. The van der Waals surface area contributed by atoms with Gasteiger partial charge in [0.05, 0.1) is 5.52 Å². The van der Waals surface area contributed by atoms with Crippen LogP contribution >= 0.6 is 15.9 Å². The zero-order chi connectivity index (χ0) is 13.8. The second-order valence-electron chi connectivity index (χ2n) is 4.91. The molecule has 2 rings (SSSR count). The third kappa shape index (κ3) is 3.08. The number of hydrogen-bond donors (Lipinski definition) is 0. The summed E-state index contributed by atoms with van der Waals surface area (Å²) in [4.78, 5) is 7.14. The fourth-order valence-corrected chi connectivity index (χ4v) is 2.93. The van der Waals surface area contributed by atoms with Crippen LogP contribution in [-0.4, -0.2) is 18.1 Å². The van der Waals surface area contributed by atoms with E-state index in [1.807, 2.05) is 0 Å². The maximum absolute atomic E-state index is 4.66. The van der Waals surface area contributed by atoms with Crippen molar-refractivity contribution >= 4 is 32.5 Å². The van der Waals surface area contributed by atoms with Gasteiger partial charge in [-0.05, 0) is 47.8 Å². The molecule has 2 aromatic rings. The second-order valence-corrected chi connectivity index (χ2v) is 5.76. The van der Waals surface area contributed by atoms with Crippen molar-refractivity contribution in [3.8, 4) is 0 Å². The largest absolute Gasteiger partial charge is 0.371 e. The van der Waals surface area contributed by atoms with Gasteiger partial charge in [0.15, 0.2) is 0 Å². The van der Waals surface area contributed by atoms with E-state index in [0.717, 1.165) is 41.6 Å². The van der Waals surface area contributed by atoms with E-state index in [9.17, 15) is 0 Å². The van der Waals surface area contributed by atoms with E-state index in [2.05, 4.69) is 70.9 Å². The molecular formula is C16H21BrN2. The molecule has 0 aliphatic heterocycles. The van der Waals surface area contributed by atoms with Crippen LogP contribution < -0.4 is 4.90 Å². The zero-order valence-corrected chi connectivity index (χ0v) is 13.5. The summed E-state index contributed by atoms with van der Waals surface area (Å²) in [7, 11) is 0. The summed E-state index contributed by atoms with van der Waals surface area (Å²) in [6.45, 7) is 8.72. The summed E-state index contributed by atoms with van der Waals surface area (Å²) in [6.07, 6.45) is 2.33. The topological polar surface area (TPSA) is 16.1 Å². The number of nitrogens with zero attached hydrogens (tertiary/aromatic N) is 2. The maximum atomic E-state index is 4.66. The Morgan fingerprint density at radius 3 is 2.47 bits per heavy atom. The number of fused-ring (bicyclic) bond motifs is 1. The predicted octanol–water partition coefficient (Wildman–Crippen LogP) is 4.93. The van der Waals surface area contributed by atoms with Gasteiger partial charge in [0.2, 0.25) is 0 Å². The Morgan fingerprint density at radius 1 is 1.16 bits per heavy atom. The molecular weight excluding hydrogens is 300 g/mol. The van der Waals surface area contributed by atoms with E-state index in [4.69, 9.17) is 0 Å². The van der Waals surface area contributed by atoms with Gasteiger partial charge in [-0.25, -0.2) is 0 Å². The monoisotopic (exact) mass is 320 g/mol. The molecule has 3 heteroatoms. The van der Waals surface area contributed by atoms with Crippen molar-refractivity contribution in [3.63, 3.8) is 0 Å². The van der Waals surface area contributed by atoms with Crippen molar-refractivity contribution in [2.45, 2.75) is 33.6 Å². The Hall–Kier alpha value is -1.09. The lowest BCUT2D eigenvalue weighted by molar-refractivity contribution is 0.746. The standard InChI is InChI=1S/C16H21BrN2/c1-4-9-19(10-5-2)15-11-12(3)18-16-13(15)7-6-8-14(16)17/h6-8,11H,4-5,9-10H2,1-3H3. The number of rotatable bonds is 5. The highest BCUT2D eigenvalue weighted by molar-refractivity contribution is 9.10. The van der Waals surface area contributed by atoms with Crippen LogP contribution in [0.5, 0.6) is 0 Å². The van der Waals surface area contributed by atoms with Crippen LogP contribution in [0, 0.1) is 6.92 Å². The van der Waals surface area contributed by atoms with Gasteiger partial charge in [0.25, 0.3) is 0 Å². The molecule has 19 heavy (non-hydrogen) atoms. The summed E-state index contributed by atoms with van der Waals surface area (Å²) < 4.78 is 1.07. The molecule has 0 fully saturated rings. The number of anilines is 1. The molecule has 102 valence electrons. The Labute approximate surface area is 124 Å². The number of hydrogen-bond acceptors (Lipinski definition) is 2. The molecule has 0 atom stereocenters. The zero-order valence-electron chi connectivity index (χ0n) is 11.9. The molecule has 2 nitrogen and oxygen atoms in total. The number of para-hydroxylation sites is 1. The number of aromatic nitrogens is 1. The van der Waals surface area contributed by atoms with Crippen LogP contribution in [0.25, 0.3) is 10.9 Å². The van der Waals surface area contributed by atoms with Gasteiger partial charge in [0, 0.05) is 34.3 Å². The second kappa shape index (κ2) is 6.38. The minimum atomic E-state index is 1.06. The maximum Gasteiger partial charge on any atom is 0.0867 e. The van der Waals surface area contributed by atoms with Crippen molar-refractivity contribution < 1.29 is 0 Å². The molecule has 0 aliphatic carbocycles. The molecule has 0 radical (unpaired) electrons. The van der Waals surface area contributed by atoms with Gasteiger partial charge in [0.1, 0.15) is 0 Å². The Bertz CT molecular complexity index is 560. The molecule has 0 spiro atoms. The van der Waals surface area contributed by atoms with Gasteiger partial charge in [-0.15, -0.1) is 0 Å². The highest BCUT2D eigenvalue weighted by Gasteiger charge is 2.12. The normalized spacial score (nSPS) is 10.9. The molecule has 0 saturated heterocycles. The van der Waals surface area contributed by atoms with Crippen LogP contribution in [0.1, 0.15) is 32.4 Å². The van der Waals surface area contributed by atoms with Crippen molar-refractivity contribution in [1.82, 2.24) is 4.98 Å². The SMILES string of the molecule is CCCN(CCC)c1cc(C)nc2c(Br)cccc12. The first-order chi connectivity index (χ1) is 9.17. The van der Waals surface area contributed by atoms with E-state index in [-0.39, 0.29) is 0 Å². The van der Waals surface area contributed by atoms with Crippen molar-refractivity contribution in [2.24, 2.45) is 0 Å². The molecule has 0 bridgehead atoms. The summed E-state index contributed by atoms with van der Waals surface area (Å²) in [5.41, 5.74) is 3.45. The van der Waals surface area contributed by atoms with Crippen LogP contribution in [0.2, 0.25) is 0 Å². The summed E-state index contributed by atoms with van der Waals surface area (Å²) >= 11 is 3.61. The van der Waals surface area contributed by atoms with Gasteiger partial charge in [-0.2, -0.15) is 0 Å². The van der Waals surface area contributed by atoms with Gasteiger partial charge in [-0.3, -0.25) is 4.98 Å². The fourth-order valence-electron chi connectivity index (χ4n) is 2.47. The van der Waals surface area contributed by atoms with E-state index < -0.39 is 0 Å². The van der Waals surface area contributed by atoms with E-state index in [1.165, 1.54) is 11.1 Å². The third-order valence-electron chi connectivity index (χ3n) is 3.22. The van der Waals surface area contributed by atoms with Crippen LogP contribution in [0.3, 0.4) is 0 Å². The highest BCUT2D eigenvalue weighted by atomic mass is 79.9. The Morgan fingerprint density at radius 2 is 1.84 bits per heavy atom. The number of aryl methyl sites for hydroxylation is 1. The quantitative estimate of drug-likeness (QED) is 0.776. The summed E-state index contributed by atoms with van der Waals surface area (Å²) in [5.74, 6) is 0. The minimum absolute atomic E-state index is 1.06. The van der Waals surface area contributed by atoms with Crippen LogP contribution in [0.4, 0.5) is 5.69 Å². The third-order valence-corrected chi connectivity index (χ3v) is 3.86. The number of halogens is 1. The Balaban J connectivity index is 2.60. The van der Waals surface area contributed by atoms with Crippen molar-refractivity contribution in [3.05, 3.63) is 34.4 Å². The first-order valence-corrected chi connectivity index (χ1v) is 7.77. The first-order valence-electron chi connectivity index (χ1n) is 6.98. The highest BCUT2D eigenvalue weighted by Crippen LogP contribution is 2.31. The van der Waals surface area contributed by atoms with E-state index in [0.29, 0.717) is 0 Å². The molecule has 0 unspecified atom stereocenters. The predicted molar refractivity (Wildman–Crippen MR) is 87.0 cm³/mol. The lowest BCUT2D eigenvalue weighted by atomic mass is 10.1. The van der Waals surface area contributed by atoms with E-state index >= 15 is 0 Å². The van der Waals surface area contributed by atoms with E-state index in [1.54, 1.807) is 0 Å². The molecule has 0 saturated carbocycles. The van der Waals surface area contributed by atoms with Gasteiger partial charge < -0.3 is 4.90 Å². The van der Waals surface area contributed by atoms with Crippen molar-refractivity contribution in [1.29, 1.82) is 0 Å². The van der Waals surface area contributed by atoms with Crippen molar-refractivity contribution in [2.75, 3.05) is 18.0 Å². The Kier molecular flexibility index (Phi) is 4.81. The lowest BCUT2D eigenvalue weighted by Crippen LogP contribution is -2.25. The molecule has 1 aromatic heterocycles. The first kappa shape index (κ1) is 14.3. The van der Waals surface area contributed by atoms with Gasteiger partial charge >= 0.3 is 0 Å². The van der Waals surface area contributed by atoms with Gasteiger partial charge in [-0.1, -0.05) is 26.0 Å². The molecule has 0 amide bonds. The number of pyridine rings is 1. The molecule has 0 N–H and O–H groups in total. The average Bonchev–Trinajstić information content (AvgIpc) is 2.39. The van der Waals surface area contributed by atoms with Crippen LogP contribution in [-0.2, 0) is 0 Å². The summed E-state index contributed by atoms with van der Waals surface area (Å²) in [5, 5.41) is 1.24. The minimum Gasteiger partial charge on any atom is -0.371 e.